The molecule has 0 spiro atoms. The number of thioether (sulfide) groups is 1. The van der Waals surface area contributed by atoms with E-state index in [1.54, 1.807) is 6.07 Å². The van der Waals surface area contributed by atoms with Crippen molar-refractivity contribution in [1.29, 1.82) is 0 Å². The van der Waals surface area contributed by atoms with Gasteiger partial charge in [-0.1, -0.05) is 49.7 Å². The van der Waals surface area contributed by atoms with Crippen molar-refractivity contribution < 1.29 is 4.79 Å². The second-order valence-corrected chi connectivity index (χ2v) is 9.19. The largest absolute Gasteiger partial charge is 0.325 e. The molecule has 2 atom stereocenters. The topological polar surface area (TPSA) is 63.1 Å². The van der Waals surface area contributed by atoms with Crippen LogP contribution in [-0.2, 0) is 11.3 Å². The van der Waals surface area contributed by atoms with E-state index < -0.39 is 0 Å². The maximum atomic E-state index is 12.8. The second-order valence-electron chi connectivity index (χ2n) is 7.44. The maximum Gasteiger partial charge on any atom is 0.237 e. The lowest BCUT2D eigenvalue weighted by Crippen LogP contribution is -2.25. The van der Waals surface area contributed by atoms with Gasteiger partial charge >= 0.3 is 0 Å². The third-order valence-corrected chi connectivity index (χ3v) is 6.21. The smallest absolute Gasteiger partial charge is 0.237 e. The Hall–Kier alpha value is -1.57. The summed E-state index contributed by atoms with van der Waals surface area (Å²) in [6.07, 6.45) is 3.08. The predicted molar refractivity (Wildman–Crippen MR) is 122 cm³/mol. The van der Waals surface area contributed by atoms with Gasteiger partial charge in [0.05, 0.1) is 11.3 Å². The third-order valence-electron chi connectivity index (χ3n) is 4.90. The van der Waals surface area contributed by atoms with Crippen LogP contribution in [-0.4, -0.2) is 44.9 Å². The van der Waals surface area contributed by atoms with Crippen molar-refractivity contribution in [3.63, 3.8) is 0 Å². The Balaban J connectivity index is 2.19. The third kappa shape index (κ3) is 6.20. The first kappa shape index (κ1) is 23.7. The number of rotatable bonds is 10. The van der Waals surface area contributed by atoms with E-state index >= 15 is 0 Å². The van der Waals surface area contributed by atoms with Crippen molar-refractivity contribution in [2.45, 2.75) is 70.0 Å². The number of benzene rings is 1. The van der Waals surface area contributed by atoms with Crippen LogP contribution in [0.3, 0.4) is 0 Å². The molecule has 160 valence electrons. The maximum absolute atomic E-state index is 12.8. The minimum atomic E-state index is -0.315. The zero-order valence-electron chi connectivity index (χ0n) is 18.2. The first-order valence-electron chi connectivity index (χ1n) is 10.1. The molecule has 0 fully saturated rings. The number of amides is 1. The molecule has 1 aromatic heterocycles. The number of unbranched alkanes of at least 4 members (excludes halogenated alkanes) is 1. The fraction of sp³-hybridized carbons (Fsp3) is 0.571. The summed E-state index contributed by atoms with van der Waals surface area (Å²) in [7, 11) is 4.12. The van der Waals surface area contributed by atoms with Crippen LogP contribution in [0.5, 0.6) is 0 Å². The van der Waals surface area contributed by atoms with Crippen LogP contribution in [0.1, 0.15) is 57.5 Å². The van der Waals surface area contributed by atoms with E-state index in [4.69, 9.17) is 11.6 Å². The molecular weight excluding hydrogens is 406 g/mol. The van der Waals surface area contributed by atoms with E-state index in [0.29, 0.717) is 5.02 Å². The second kappa shape index (κ2) is 11.0. The molecule has 0 saturated carbocycles. The summed E-state index contributed by atoms with van der Waals surface area (Å²) >= 11 is 7.51. The van der Waals surface area contributed by atoms with Crippen LogP contribution < -0.4 is 5.32 Å². The lowest BCUT2D eigenvalue weighted by Gasteiger charge is -2.23. The quantitative estimate of drug-likeness (QED) is 0.519. The molecule has 2 unspecified atom stereocenters. The van der Waals surface area contributed by atoms with Crippen LogP contribution >= 0.6 is 23.4 Å². The number of aromatic nitrogens is 3. The standard InChI is InChI=1S/C21H32ClN5OS/c1-7-9-12-27-19(18(8-2)26(5)6)24-25-21(27)29-15(4)20(28)23-17-13-16(22)11-10-14(17)3/h10-11,13,15,18H,7-9,12H2,1-6H3,(H,23,28). The Bertz CT molecular complexity index is 823. The molecule has 1 amide bonds. The number of carbonyl (C=O) groups is 1. The number of nitrogens with one attached hydrogen (secondary N) is 1. The van der Waals surface area contributed by atoms with Gasteiger partial charge in [0.15, 0.2) is 11.0 Å². The summed E-state index contributed by atoms with van der Waals surface area (Å²) in [5.41, 5.74) is 1.71. The highest BCUT2D eigenvalue weighted by Crippen LogP contribution is 2.29. The average molecular weight is 438 g/mol. The molecule has 0 radical (unpaired) electrons. The lowest BCUT2D eigenvalue weighted by atomic mass is 10.2. The highest BCUT2D eigenvalue weighted by Gasteiger charge is 2.24. The number of aryl methyl sites for hydroxylation is 1. The SMILES string of the molecule is CCCCn1c(SC(C)C(=O)Nc2cc(Cl)ccc2C)nnc1C(CC)N(C)C. The van der Waals surface area contributed by atoms with E-state index in [1.807, 2.05) is 26.0 Å². The molecule has 0 bridgehead atoms. The minimum Gasteiger partial charge on any atom is -0.325 e. The van der Waals surface area contributed by atoms with Crippen molar-refractivity contribution in [3.8, 4) is 0 Å². The molecule has 8 heteroatoms. The molecule has 2 aromatic rings. The van der Waals surface area contributed by atoms with Gasteiger partial charge < -0.3 is 9.88 Å². The van der Waals surface area contributed by atoms with Gasteiger partial charge in [-0.05, 0) is 58.5 Å². The fourth-order valence-electron chi connectivity index (χ4n) is 3.11. The van der Waals surface area contributed by atoms with Gasteiger partial charge in [-0.25, -0.2) is 0 Å². The number of carbonyl (C=O) groups excluding carboxylic acids is 1. The van der Waals surface area contributed by atoms with Crippen molar-refractivity contribution in [2.24, 2.45) is 0 Å². The van der Waals surface area contributed by atoms with Crippen molar-refractivity contribution >= 4 is 35.0 Å². The van der Waals surface area contributed by atoms with Gasteiger partial charge in [0.25, 0.3) is 0 Å². The lowest BCUT2D eigenvalue weighted by molar-refractivity contribution is -0.115. The molecule has 6 nitrogen and oxygen atoms in total. The van der Waals surface area contributed by atoms with Gasteiger partial charge in [0.1, 0.15) is 0 Å². The Labute approximate surface area is 183 Å². The van der Waals surface area contributed by atoms with Gasteiger partial charge in [-0.2, -0.15) is 0 Å². The monoisotopic (exact) mass is 437 g/mol. The van der Waals surface area contributed by atoms with Gasteiger partial charge in [0.2, 0.25) is 5.91 Å². The Morgan fingerprint density at radius 2 is 2.03 bits per heavy atom. The van der Waals surface area contributed by atoms with Crippen LogP contribution in [0.15, 0.2) is 23.4 Å². The molecule has 1 aromatic carbocycles. The molecule has 0 aliphatic rings. The molecule has 0 aliphatic heterocycles. The molecule has 29 heavy (non-hydrogen) atoms. The molecular formula is C21H32ClN5OS. The van der Waals surface area contributed by atoms with E-state index in [-0.39, 0.29) is 17.2 Å². The predicted octanol–water partition coefficient (Wildman–Crippen LogP) is 5.17. The van der Waals surface area contributed by atoms with Crippen LogP contribution in [0.25, 0.3) is 0 Å². The molecule has 1 heterocycles. The Morgan fingerprint density at radius 3 is 2.66 bits per heavy atom. The summed E-state index contributed by atoms with van der Waals surface area (Å²) in [4.78, 5) is 14.9. The van der Waals surface area contributed by atoms with E-state index in [9.17, 15) is 4.79 Å². The van der Waals surface area contributed by atoms with E-state index in [0.717, 1.165) is 48.0 Å². The zero-order chi connectivity index (χ0) is 21.6. The summed E-state index contributed by atoms with van der Waals surface area (Å²) in [5, 5.41) is 13.0. The summed E-state index contributed by atoms with van der Waals surface area (Å²) in [6.45, 7) is 9.02. The normalized spacial score (nSPS) is 13.5. The number of anilines is 1. The minimum absolute atomic E-state index is 0.0772. The summed E-state index contributed by atoms with van der Waals surface area (Å²) in [6, 6.07) is 5.69. The van der Waals surface area contributed by atoms with Gasteiger partial charge in [0, 0.05) is 17.3 Å². The van der Waals surface area contributed by atoms with Crippen LogP contribution in [0, 0.1) is 6.92 Å². The van der Waals surface area contributed by atoms with Crippen molar-refractivity contribution in [1.82, 2.24) is 19.7 Å². The zero-order valence-corrected chi connectivity index (χ0v) is 19.8. The Kier molecular flexibility index (Phi) is 8.99. The van der Waals surface area contributed by atoms with E-state index in [2.05, 4.69) is 52.9 Å². The fourth-order valence-corrected chi connectivity index (χ4v) is 4.17. The van der Waals surface area contributed by atoms with Gasteiger partial charge in [-0.15, -0.1) is 10.2 Å². The number of halogens is 1. The number of nitrogens with zero attached hydrogens (tertiary/aromatic N) is 4. The highest BCUT2D eigenvalue weighted by molar-refractivity contribution is 8.00. The van der Waals surface area contributed by atoms with Gasteiger partial charge in [-0.3, -0.25) is 9.69 Å². The van der Waals surface area contributed by atoms with Crippen molar-refractivity contribution in [3.05, 3.63) is 34.6 Å². The van der Waals surface area contributed by atoms with E-state index in [1.165, 1.54) is 11.8 Å². The molecule has 1 N–H and O–H groups in total. The first-order chi connectivity index (χ1) is 13.8. The number of hydrogen-bond donors (Lipinski definition) is 1. The van der Waals surface area contributed by atoms with Crippen LogP contribution in [0.2, 0.25) is 5.02 Å². The molecule has 2 rings (SSSR count). The number of hydrogen-bond acceptors (Lipinski definition) is 5. The van der Waals surface area contributed by atoms with Crippen LogP contribution in [0.4, 0.5) is 5.69 Å². The molecule has 0 aliphatic carbocycles. The highest BCUT2D eigenvalue weighted by atomic mass is 35.5. The summed E-state index contributed by atoms with van der Waals surface area (Å²) < 4.78 is 2.18. The summed E-state index contributed by atoms with van der Waals surface area (Å²) in [5.74, 6) is 0.887. The Morgan fingerprint density at radius 1 is 1.31 bits per heavy atom. The average Bonchev–Trinajstić information content (AvgIpc) is 3.05. The van der Waals surface area contributed by atoms with Crippen molar-refractivity contribution in [2.75, 3.05) is 19.4 Å². The first-order valence-corrected chi connectivity index (χ1v) is 11.4. The molecule has 0 saturated heterocycles.